The van der Waals surface area contributed by atoms with E-state index in [1.807, 2.05) is 0 Å². The van der Waals surface area contributed by atoms with E-state index in [0.29, 0.717) is 5.41 Å². The minimum absolute atomic E-state index is 0. The summed E-state index contributed by atoms with van der Waals surface area (Å²) < 4.78 is 0. The molecule has 0 fully saturated rings. The third-order valence-corrected chi connectivity index (χ3v) is 2.99. The van der Waals surface area contributed by atoms with Gasteiger partial charge in [0.25, 0.3) is 0 Å². The summed E-state index contributed by atoms with van der Waals surface area (Å²) in [7, 11) is 0. The molecule has 0 bridgehead atoms. The Labute approximate surface area is 135 Å². The van der Waals surface area contributed by atoms with Crippen LogP contribution in [0.25, 0.3) is 0 Å². The number of unbranched alkanes of at least 4 members (excludes halogenated alkanes) is 3. The van der Waals surface area contributed by atoms with Gasteiger partial charge >= 0.3 is 30.8 Å². The summed E-state index contributed by atoms with van der Waals surface area (Å²) in [5, 5.41) is 15.4. The molecule has 5 heteroatoms. The van der Waals surface area contributed by atoms with Gasteiger partial charge in [0, 0.05) is 0 Å². The van der Waals surface area contributed by atoms with Gasteiger partial charge in [0.15, 0.2) is 0 Å². The van der Waals surface area contributed by atoms with E-state index in [0.717, 1.165) is 0 Å². The average Bonchev–Trinajstić information content (AvgIpc) is 2.21. The molecular formula is C15H29LiO4. The van der Waals surface area contributed by atoms with Crippen molar-refractivity contribution in [1.29, 1.82) is 0 Å². The summed E-state index contributed by atoms with van der Waals surface area (Å²) >= 11 is 0. The SMILES string of the molecule is CCCCCC[C-](C)C(C)(C)C.O=C(O)CC(=O)O.[Li+]. The van der Waals surface area contributed by atoms with Gasteiger partial charge in [-0.1, -0.05) is 53.4 Å². The number of rotatable bonds is 7. The van der Waals surface area contributed by atoms with E-state index in [1.165, 1.54) is 32.1 Å². The van der Waals surface area contributed by atoms with Crippen molar-refractivity contribution in [3.8, 4) is 0 Å². The molecule has 20 heavy (non-hydrogen) atoms. The third kappa shape index (κ3) is 19.9. The Morgan fingerprint density at radius 3 is 1.70 bits per heavy atom. The molecule has 2 N–H and O–H groups in total. The van der Waals surface area contributed by atoms with E-state index in [2.05, 4.69) is 34.6 Å². The fourth-order valence-electron chi connectivity index (χ4n) is 1.32. The van der Waals surface area contributed by atoms with Crippen LogP contribution in [0.2, 0.25) is 0 Å². The maximum absolute atomic E-state index is 9.43. The molecule has 4 nitrogen and oxygen atoms in total. The summed E-state index contributed by atoms with van der Waals surface area (Å²) in [5.41, 5.74) is 0.423. The first kappa shape index (κ1) is 24.5. The maximum Gasteiger partial charge on any atom is 1.00 e. The molecule has 0 unspecified atom stereocenters. The molecule has 0 rings (SSSR count). The van der Waals surface area contributed by atoms with Crippen LogP contribution in [-0.2, 0) is 9.59 Å². The molecule has 0 saturated heterocycles. The summed E-state index contributed by atoms with van der Waals surface area (Å²) in [6.45, 7) is 11.5. The monoisotopic (exact) mass is 280 g/mol. The maximum atomic E-state index is 9.43. The molecule has 0 atom stereocenters. The molecule has 0 spiro atoms. The number of hydrogen-bond acceptors (Lipinski definition) is 2. The van der Waals surface area contributed by atoms with Crippen molar-refractivity contribution in [2.45, 2.75) is 73.1 Å². The number of carboxylic acid groups (broad SMARTS) is 2. The standard InChI is InChI=1S/C12H25.C3H4O4.Li/c1-6-7-8-9-10-11(2)12(3,4)5;4-2(5)1-3(6)7;/h6-10H2,1-5H3;1H2,(H,4,5)(H,6,7);/q-1;;+1. The zero-order valence-electron chi connectivity index (χ0n) is 14.0. The van der Waals surface area contributed by atoms with Crippen LogP contribution in [0.3, 0.4) is 0 Å². The number of aliphatic carboxylic acids is 2. The summed E-state index contributed by atoms with van der Waals surface area (Å²) in [4.78, 5) is 18.9. The minimum atomic E-state index is -1.31. The van der Waals surface area contributed by atoms with E-state index < -0.39 is 18.4 Å². The molecule has 0 aromatic heterocycles. The first-order valence-corrected chi connectivity index (χ1v) is 6.87. The Morgan fingerprint density at radius 1 is 1.00 bits per heavy atom. The van der Waals surface area contributed by atoms with Crippen LogP contribution in [-0.4, -0.2) is 22.2 Å². The second-order valence-corrected chi connectivity index (χ2v) is 5.81. The summed E-state index contributed by atoms with van der Waals surface area (Å²) in [5.74, 6) is -0.974. The van der Waals surface area contributed by atoms with Crippen LogP contribution in [0.4, 0.5) is 0 Å². The number of carboxylic acids is 2. The smallest absolute Gasteiger partial charge is 0.481 e. The fraction of sp³-hybridized carbons (Fsp3) is 0.800. The zero-order chi connectivity index (χ0) is 15.5. The second-order valence-electron chi connectivity index (χ2n) is 5.81. The van der Waals surface area contributed by atoms with Crippen molar-refractivity contribution in [2.24, 2.45) is 5.41 Å². The Bertz CT molecular complexity index is 247. The number of carbonyl (C=O) groups is 2. The molecule has 0 aromatic carbocycles. The van der Waals surface area contributed by atoms with Crippen molar-refractivity contribution in [1.82, 2.24) is 0 Å². The largest absolute Gasteiger partial charge is 1.00 e. The Hall–Kier alpha value is -0.463. The van der Waals surface area contributed by atoms with Crippen molar-refractivity contribution < 1.29 is 38.7 Å². The normalized spacial score (nSPS) is 10.3. The fourth-order valence-corrected chi connectivity index (χ4v) is 1.32. The van der Waals surface area contributed by atoms with Crippen LogP contribution < -0.4 is 18.9 Å². The molecule has 0 radical (unpaired) electrons. The van der Waals surface area contributed by atoms with Crippen LogP contribution in [0.1, 0.15) is 73.1 Å². The second kappa shape index (κ2) is 13.5. The molecule has 0 heterocycles. The number of hydrogen-bond donors (Lipinski definition) is 2. The molecule has 0 aliphatic heterocycles. The molecular weight excluding hydrogens is 251 g/mol. The first-order chi connectivity index (χ1) is 8.61. The van der Waals surface area contributed by atoms with E-state index >= 15 is 0 Å². The van der Waals surface area contributed by atoms with E-state index in [-0.39, 0.29) is 18.9 Å². The van der Waals surface area contributed by atoms with Gasteiger partial charge in [0.2, 0.25) is 0 Å². The van der Waals surface area contributed by atoms with Crippen molar-refractivity contribution in [3.05, 3.63) is 5.92 Å². The molecule has 0 aromatic rings. The van der Waals surface area contributed by atoms with Gasteiger partial charge in [0.1, 0.15) is 6.42 Å². The quantitative estimate of drug-likeness (QED) is 0.317. The predicted molar refractivity (Wildman–Crippen MR) is 77.0 cm³/mol. The van der Waals surface area contributed by atoms with Crippen LogP contribution in [0, 0.1) is 11.3 Å². The average molecular weight is 280 g/mol. The van der Waals surface area contributed by atoms with Gasteiger partial charge < -0.3 is 16.1 Å². The van der Waals surface area contributed by atoms with Gasteiger partial charge in [-0.2, -0.15) is 18.8 Å². The molecule has 114 valence electrons. The van der Waals surface area contributed by atoms with Crippen LogP contribution in [0.5, 0.6) is 0 Å². The molecule has 0 aliphatic rings. The van der Waals surface area contributed by atoms with E-state index in [9.17, 15) is 9.59 Å². The van der Waals surface area contributed by atoms with E-state index in [1.54, 1.807) is 5.92 Å². The van der Waals surface area contributed by atoms with Crippen LogP contribution >= 0.6 is 0 Å². The predicted octanol–water partition coefficient (Wildman–Crippen LogP) is 1.15. The zero-order valence-corrected chi connectivity index (χ0v) is 14.0. The van der Waals surface area contributed by atoms with Gasteiger partial charge in [-0.3, -0.25) is 9.59 Å². The molecule has 0 aliphatic carbocycles. The summed E-state index contributed by atoms with van der Waals surface area (Å²) in [6, 6.07) is 0. The minimum Gasteiger partial charge on any atom is -0.481 e. The Balaban J connectivity index is -0.000000312. The topological polar surface area (TPSA) is 74.6 Å². The molecule has 0 amide bonds. The van der Waals surface area contributed by atoms with Gasteiger partial charge in [-0.15, -0.1) is 0 Å². The van der Waals surface area contributed by atoms with Crippen LogP contribution in [0.15, 0.2) is 0 Å². The van der Waals surface area contributed by atoms with Gasteiger partial charge in [-0.25, -0.2) is 0 Å². The first-order valence-electron chi connectivity index (χ1n) is 6.87. The van der Waals surface area contributed by atoms with E-state index in [4.69, 9.17) is 10.2 Å². The summed E-state index contributed by atoms with van der Waals surface area (Å²) in [6.07, 6.45) is 6.05. The third-order valence-electron chi connectivity index (χ3n) is 2.99. The van der Waals surface area contributed by atoms with Crippen molar-refractivity contribution in [3.63, 3.8) is 0 Å². The van der Waals surface area contributed by atoms with Crippen molar-refractivity contribution >= 4 is 11.9 Å². The Morgan fingerprint density at radius 2 is 1.45 bits per heavy atom. The van der Waals surface area contributed by atoms with Gasteiger partial charge in [-0.05, 0) is 0 Å². The Kier molecular flexibility index (Phi) is 16.6. The van der Waals surface area contributed by atoms with Gasteiger partial charge in [0.05, 0.1) is 0 Å². The molecule has 0 saturated carbocycles. The van der Waals surface area contributed by atoms with Crippen molar-refractivity contribution in [2.75, 3.05) is 0 Å².